The van der Waals surface area contributed by atoms with Gasteiger partial charge in [-0.05, 0) is 31.2 Å². The number of ether oxygens (including phenoxy) is 1. The molecule has 0 aromatic carbocycles. The molecule has 0 bridgehead atoms. The predicted octanol–water partition coefficient (Wildman–Crippen LogP) is 2.19. The van der Waals surface area contributed by atoms with E-state index in [1.165, 1.54) is 19.4 Å². The lowest BCUT2D eigenvalue weighted by Crippen LogP contribution is -2.27. The third kappa shape index (κ3) is 5.27. The summed E-state index contributed by atoms with van der Waals surface area (Å²) < 4.78 is 5.63. The SMILES string of the molecule is CC(C)(C)CCOCC1CCCN1. The van der Waals surface area contributed by atoms with Crippen LogP contribution in [0.1, 0.15) is 40.0 Å². The predicted molar refractivity (Wildman–Crippen MR) is 55.9 cm³/mol. The summed E-state index contributed by atoms with van der Waals surface area (Å²) in [7, 11) is 0. The molecule has 1 N–H and O–H groups in total. The molecule has 13 heavy (non-hydrogen) atoms. The number of nitrogens with one attached hydrogen (secondary N) is 1. The van der Waals surface area contributed by atoms with Crippen molar-refractivity contribution in [3.05, 3.63) is 0 Å². The van der Waals surface area contributed by atoms with Crippen LogP contribution in [0.2, 0.25) is 0 Å². The molecule has 0 aliphatic carbocycles. The molecule has 1 aliphatic rings. The van der Waals surface area contributed by atoms with Crippen LogP contribution in [-0.4, -0.2) is 25.8 Å². The van der Waals surface area contributed by atoms with Crippen molar-refractivity contribution in [3.63, 3.8) is 0 Å². The Morgan fingerprint density at radius 2 is 2.15 bits per heavy atom. The number of hydrogen-bond donors (Lipinski definition) is 1. The van der Waals surface area contributed by atoms with Gasteiger partial charge in [0.1, 0.15) is 0 Å². The van der Waals surface area contributed by atoms with Gasteiger partial charge in [0.15, 0.2) is 0 Å². The van der Waals surface area contributed by atoms with E-state index in [-0.39, 0.29) is 0 Å². The van der Waals surface area contributed by atoms with E-state index in [1.54, 1.807) is 0 Å². The van der Waals surface area contributed by atoms with Crippen LogP contribution in [0.25, 0.3) is 0 Å². The van der Waals surface area contributed by atoms with Crippen LogP contribution in [0.3, 0.4) is 0 Å². The van der Waals surface area contributed by atoms with E-state index < -0.39 is 0 Å². The maximum atomic E-state index is 5.63. The highest BCUT2D eigenvalue weighted by molar-refractivity contribution is 4.73. The summed E-state index contributed by atoms with van der Waals surface area (Å²) in [6.07, 6.45) is 3.75. The van der Waals surface area contributed by atoms with Crippen LogP contribution < -0.4 is 5.32 Å². The van der Waals surface area contributed by atoms with Gasteiger partial charge in [-0.2, -0.15) is 0 Å². The van der Waals surface area contributed by atoms with E-state index in [9.17, 15) is 0 Å². The minimum atomic E-state index is 0.406. The number of rotatable bonds is 4. The molecular weight excluding hydrogens is 162 g/mol. The molecular formula is C11H23NO. The van der Waals surface area contributed by atoms with Gasteiger partial charge in [0.05, 0.1) is 6.61 Å². The summed E-state index contributed by atoms with van der Waals surface area (Å²) in [5.41, 5.74) is 0.406. The first-order chi connectivity index (χ1) is 6.08. The van der Waals surface area contributed by atoms with Crippen LogP contribution in [0.15, 0.2) is 0 Å². The fraction of sp³-hybridized carbons (Fsp3) is 1.00. The van der Waals surface area contributed by atoms with Crippen molar-refractivity contribution in [1.29, 1.82) is 0 Å². The summed E-state index contributed by atoms with van der Waals surface area (Å²) in [5, 5.41) is 3.43. The van der Waals surface area contributed by atoms with E-state index in [2.05, 4.69) is 26.1 Å². The topological polar surface area (TPSA) is 21.3 Å². The second-order valence-electron chi connectivity index (χ2n) is 5.18. The van der Waals surface area contributed by atoms with Gasteiger partial charge >= 0.3 is 0 Å². The quantitative estimate of drug-likeness (QED) is 0.678. The van der Waals surface area contributed by atoms with E-state index >= 15 is 0 Å². The average Bonchev–Trinajstić information content (AvgIpc) is 2.48. The van der Waals surface area contributed by atoms with Crippen molar-refractivity contribution in [2.75, 3.05) is 19.8 Å². The maximum Gasteiger partial charge on any atom is 0.0619 e. The zero-order valence-electron chi connectivity index (χ0n) is 9.23. The molecule has 0 spiro atoms. The highest BCUT2D eigenvalue weighted by Crippen LogP contribution is 2.18. The minimum absolute atomic E-state index is 0.406. The Morgan fingerprint density at radius 1 is 1.38 bits per heavy atom. The Balaban J connectivity index is 1.94. The zero-order chi connectivity index (χ0) is 9.73. The lowest BCUT2D eigenvalue weighted by atomic mass is 9.93. The third-order valence-electron chi connectivity index (χ3n) is 2.48. The van der Waals surface area contributed by atoms with Crippen LogP contribution in [0.4, 0.5) is 0 Å². The molecule has 0 saturated carbocycles. The highest BCUT2D eigenvalue weighted by Gasteiger charge is 2.14. The Morgan fingerprint density at radius 3 is 2.69 bits per heavy atom. The molecule has 78 valence electrons. The normalized spacial score (nSPS) is 23.8. The molecule has 1 heterocycles. The second-order valence-corrected chi connectivity index (χ2v) is 5.18. The molecule has 1 fully saturated rings. The van der Waals surface area contributed by atoms with Gasteiger partial charge in [0, 0.05) is 12.6 Å². The lowest BCUT2D eigenvalue weighted by molar-refractivity contribution is 0.0937. The van der Waals surface area contributed by atoms with Gasteiger partial charge in [-0.15, -0.1) is 0 Å². The van der Waals surface area contributed by atoms with Gasteiger partial charge in [-0.25, -0.2) is 0 Å². The van der Waals surface area contributed by atoms with Gasteiger partial charge in [0.2, 0.25) is 0 Å². The monoisotopic (exact) mass is 185 g/mol. The Kier molecular flexibility index (Phi) is 4.20. The molecule has 1 rings (SSSR count). The molecule has 1 unspecified atom stereocenters. The molecule has 0 aromatic rings. The lowest BCUT2D eigenvalue weighted by Gasteiger charge is -2.18. The van der Waals surface area contributed by atoms with Crippen LogP contribution >= 0.6 is 0 Å². The maximum absolute atomic E-state index is 5.63. The number of hydrogen-bond acceptors (Lipinski definition) is 2. The van der Waals surface area contributed by atoms with Gasteiger partial charge < -0.3 is 10.1 Å². The second kappa shape index (κ2) is 4.97. The first-order valence-corrected chi connectivity index (χ1v) is 5.39. The summed E-state index contributed by atoms with van der Waals surface area (Å²) >= 11 is 0. The smallest absolute Gasteiger partial charge is 0.0619 e. The van der Waals surface area contributed by atoms with Crippen molar-refractivity contribution < 1.29 is 4.74 Å². The van der Waals surface area contributed by atoms with Gasteiger partial charge in [0.25, 0.3) is 0 Å². The molecule has 2 nitrogen and oxygen atoms in total. The highest BCUT2D eigenvalue weighted by atomic mass is 16.5. The summed E-state index contributed by atoms with van der Waals surface area (Å²) in [4.78, 5) is 0. The standard InChI is InChI=1S/C11H23NO/c1-11(2,3)6-8-13-9-10-5-4-7-12-10/h10,12H,4-9H2,1-3H3. The van der Waals surface area contributed by atoms with Crippen molar-refractivity contribution in [1.82, 2.24) is 5.32 Å². The van der Waals surface area contributed by atoms with E-state index in [1.807, 2.05) is 0 Å². The molecule has 0 aromatic heterocycles. The molecule has 2 heteroatoms. The van der Waals surface area contributed by atoms with Gasteiger partial charge in [-0.1, -0.05) is 20.8 Å². The molecule has 0 amide bonds. The van der Waals surface area contributed by atoms with E-state index in [0.29, 0.717) is 11.5 Å². The Labute approximate surface area is 82.0 Å². The molecule has 1 saturated heterocycles. The van der Waals surface area contributed by atoms with Crippen LogP contribution in [-0.2, 0) is 4.74 Å². The third-order valence-corrected chi connectivity index (χ3v) is 2.48. The molecule has 1 atom stereocenters. The van der Waals surface area contributed by atoms with Crippen LogP contribution in [0.5, 0.6) is 0 Å². The fourth-order valence-electron chi connectivity index (χ4n) is 1.50. The Hall–Kier alpha value is -0.0800. The van der Waals surface area contributed by atoms with Gasteiger partial charge in [-0.3, -0.25) is 0 Å². The van der Waals surface area contributed by atoms with Crippen LogP contribution in [0, 0.1) is 5.41 Å². The van der Waals surface area contributed by atoms with Crippen molar-refractivity contribution in [2.45, 2.75) is 46.1 Å². The molecule has 0 radical (unpaired) electrons. The van der Waals surface area contributed by atoms with Crippen molar-refractivity contribution >= 4 is 0 Å². The largest absolute Gasteiger partial charge is 0.380 e. The first-order valence-electron chi connectivity index (χ1n) is 5.39. The minimum Gasteiger partial charge on any atom is -0.380 e. The summed E-state index contributed by atoms with van der Waals surface area (Å²) in [6.45, 7) is 9.74. The van der Waals surface area contributed by atoms with Crippen molar-refractivity contribution in [3.8, 4) is 0 Å². The summed E-state index contributed by atoms with van der Waals surface area (Å²) in [6, 6.07) is 0.625. The Bertz CT molecular complexity index is 134. The zero-order valence-corrected chi connectivity index (χ0v) is 9.23. The van der Waals surface area contributed by atoms with E-state index in [0.717, 1.165) is 19.6 Å². The van der Waals surface area contributed by atoms with E-state index in [4.69, 9.17) is 4.74 Å². The first kappa shape index (κ1) is 11.0. The molecule has 1 aliphatic heterocycles. The summed E-state index contributed by atoms with van der Waals surface area (Å²) in [5.74, 6) is 0. The average molecular weight is 185 g/mol. The van der Waals surface area contributed by atoms with Crippen molar-refractivity contribution in [2.24, 2.45) is 5.41 Å². The fourth-order valence-corrected chi connectivity index (χ4v) is 1.50.